The molecule has 0 atom stereocenters. The van der Waals surface area contributed by atoms with Gasteiger partial charge in [0.15, 0.2) is 0 Å². The molecule has 0 spiro atoms. The van der Waals surface area contributed by atoms with E-state index in [1.807, 2.05) is 12.1 Å². The highest BCUT2D eigenvalue weighted by atomic mass is 16.5. The van der Waals surface area contributed by atoms with Crippen molar-refractivity contribution in [2.24, 2.45) is 0 Å². The minimum Gasteiger partial charge on any atom is -0.497 e. The third-order valence-electron chi connectivity index (χ3n) is 27.6. The fourth-order valence-electron chi connectivity index (χ4n) is 20.9. The van der Waals surface area contributed by atoms with Crippen LogP contribution < -0.4 is 19.4 Å². The molecule has 0 amide bonds. The summed E-state index contributed by atoms with van der Waals surface area (Å²) in [6.45, 7) is 9.02. The minimum absolute atomic E-state index is 0.0992. The summed E-state index contributed by atoms with van der Waals surface area (Å²) in [6.07, 6.45) is 0. The molecule has 0 bridgehead atoms. The summed E-state index contributed by atoms with van der Waals surface area (Å²) < 4.78 is 12.6. The fraction of sp³-hybridized carbons (Fsp3) is 0.0455. The van der Waals surface area contributed by atoms with Crippen LogP contribution >= 0.6 is 0 Å². The van der Waals surface area contributed by atoms with Gasteiger partial charge in [-0.05, 0) is 273 Å². The summed E-state index contributed by atoms with van der Waals surface area (Å²) in [6, 6.07) is 186. The normalized spacial score (nSPS) is 11.8. The van der Waals surface area contributed by atoms with Crippen molar-refractivity contribution in [3.05, 3.63) is 538 Å². The van der Waals surface area contributed by atoms with E-state index >= 15 is 0 Å². The molecule has 0 aliphatic heterocycles. The smallest absolute Gasteiger partial charge is 0.119 e. The van der Waals surface area contributed by atoms with Crippen LogP contribution in [0.3, 0.4) is 0 Å². The number of ether oxygens (including phenoxy) is 1. The summed E-state index contributed by atoms with van der Waals surface area (Å²) in [7, 11) is 1.70. The second-order valence-electron chi connectivity index (χ2n) is 36.4. The molecule has 7 nitrogen and oxygen atoms in total. The molecule has 3 heterocycles. The number of fused-ring (bicyclic) bond motifs is 12. The van der Waals surface area contributed by atoms with Gasteiger partial charge in [0, 0.05) is 88.9 Å². The number of rotatable bonds is 18. The molecular formula is C132H100N6O. The van der Waals surface area contributed by atoms with E-state index in [-0.39, 0.29) is 5.41 Å². The van der Waals surface area contributed by atoms with Crippen LogP contribution in [0.25, 0.3) is 149 Å². The van der Waals surface area contributed by atoms with Gasteiger partial charge in [0.2, 0.25) is 0 Å². The maximum atomic E-state index is 5.47. The molecule has 0 radical (unpaired) electrons. The third kappa shape index (κ3) is 16.1. The average molecular weight is 1790 g/mol. The molecule has 21 aromatic carbocycles. The van der Waals surface area contributed by atoms with Gasteiger partial charge < -0.3 is 33.1 Å². The molecule has 1 aliphatic carbocycles. The van der Waals surface area contributed by atoms with Crippen molar-refractivity contribution in [1.82, 2.24) is 13.7 Å². The van der Waals surface area contributed by atoms with Gasteiger partial charge in [0.05, 0.1) is 57.3 Å². The van der Waals surface area contributed by atoms with Crippen LogP contribution in [0.15, 0.2) is 516 Å². The van der Waals surface area contributed by atoms with Crippen molar-refractivity contribution in [1.29, 1.82) is 0 Å². The lowest BCUT2D eigenvalue weighted by Gasteiger charge is -2.29. The largest absolute Gasteiger partial charge is 0.497 e. The lowest BCUT2D eigenvalue weighted by Crippen LogP contribution is -2.16. The van der Waals surface area contributed by atoms with Gasteiger partial charge in [-0.25, -0.2) is 0 Å². The summed E-state index contributed by atoms with van der Waals surface area (Å²) in [5.74, 6) is 0.842. The molecule has 0 saturated carbocycles. The van der Waals surface area contributed by atoms with Crippen LogP contribution in [0.1, 0.15) is 36.1 Å². The number of anilines is 9. The first-order valence-electron chi connectivity index (χ1n) is 47.8. The fourth-order valence-corrected chi connectivity index (χ4v) is 20.9. The Hall–Kier alpha value is -17.8. The Labute approximate surface area is 811 Å². The monoisotopic (exact) mass is 1780 g/mol. The van der Waals surface area contributed by atoms with E-state index in [2.05, 4.69) is 560 Å². The zero-order valence-corrected chi connectivity index (χ0v) is 78.2. The Morgan fingerprint density at radius 3 is 0.835 bits per heavy atom. The SMILES string of the molecule is COc1ccc(-n2c3ccccc3c3c(N(c4ccc(-c5ccccc5)cc4)c4ccc(-c5ccccc5)cc4)cccc32)cc1.Cc1ccc(-n2c3ccccc3c3c(N(c4ccc(-c5ccccc5)cc4)c4ccc(-c5ccccc5)cc4)cccc32)cc1.Cc1cccc(-n2c3ccccc3c3c(N(c4ccc(-c5ccccc5)cc4)c4ccc5c(c4)C(C)(C)c4ccccc4-5)cccc32)c1. The number of hydrogen-bond donors (Lipinski definition) is 0. The molecule has 24 aromatic rings. The first-order valence-corrected chi connectivity index (χ1v) is 47.8. The van der Waals surface area contributed by atoms with Crippen molar-refractivity contribution in [2.45, 2.75) is 33.1 Å². The van der Waals surface area contributed by atoms with E-state index < -0.39 is 0 Å². The summed E-state index contributed by atoms with van der Waals surface area (Å²) in [5, 5.41) is 7.35. The molecule has 25 rings (SSSR count). The van der Waals surface area contributed by atoms with E-state index in [4.69, 9.17) is 4.74 Å². The molecule has 0 unspecified atom stereocenters. The van der Waals surface area contributed by atoms with Crippen LogP contribution in [0.2, 0.25) is 0 Å². The van der Waals surface area contributed by atoms with Gasteiger partial charge in [-0.2, -0.15) is 0 Å². The van der Waals surface area contributed by atoms with E-state index in [1.54, 1.807) is 7.11 Å². The Kier molecular flexibility index (Phi) is 22.7. The van der Waals surface area contributed by atoms with Gasteiger partial charge in [-0.1, -0.05) is 359 Å². The topological polar surface area (TPSA) is 33.7 Å². The Balaban J connectivity index is 0.000000117. The molecular weight excluding hydrogens is 1690 g/mol. The molecule has 0 fully saturated rings. The highest BCUT2D eigenvalue weighted by Crippen LogP contribution is 2.54. The second kappa shape index (κ2) is 36.9. The number of aromatic nitrogens is 3. The molecule has 3 aromatic heterocycles. The van der Waals surface area contributed by atoms with E-state index in [0.29, 0.717) is 0 Å². The van der Waals surface area contributed by atoms with Crippen molar-refractivity contribution in [3.63, 3.8) is 0 Å². The van der Waals surface area contributed by atoms with Crippen LogP contribution in [0.5, 0.6) is 5.75 Å². The average Bonchev–Trinajstić information content (AvgIpc) is 1.58. The third-order valence-corrected chi connectivity index (χ3v) is 27.6. The van der Waals surface area contributed by atoms with E-state index in [1.165, 1.54) is 149 Å². The first-order chi connectivity index (χ1) is 68.5. The van der Waals surface area contributed by atoms with E-state index in [9.17, 15) is 0 Å². The maximum Gasteiger partial charge on any atom is 0.119 e. The highest BCUT2D eigenvalue weighted by Gasteiger charge is 2.37. The van der Waals surface area contributed by atoms with Gasteiger partial charge in [-0.3, -0.25) is 0 Å². The van der Waals surface area contributed by atoms with Gasteiger partial charge in [0.1, 0.15) is 5.75 Å². The lowest BCUT2D eigenvalue weighted by atomic mass is 9.82. The molecule has 1 aliphatic rings. The standard InChI is InChI=1S/C46H36N2.C43H32N2O.C43H32N2/c1-31-13-11-16-35(29-31)48-42-20-10-8-18-39(42)45-43(21-12-22-44(45)48)47(34-25-23-33(24-26-34)32-14-5-4-6-15-32)36-27-28-38-37-17-7-9-19-40(37)46(2,3)41(38)30-36;1-46-38-29-27-37(28-30-38)45-40-16-9-8-15-39(40)43-41(17-10-18-42(43)45)44(35-23-19-33(20-24-35)31-11-4-2-5-12-31)36-25-21-34(22-26-36)32-13-6-3-7-14-32;1-31-19-25-38(26-20-31)45-40-16-9-8-15-39(40)43-41(17-10-18-42(43)45)44(36-27-21-34(22-28-36)32-11-4-2-5-12-32)37-29-23-35(24-30-37)33-13-6-3-7-14-33/h4-30H,1-3H3;2-30H,1H3;2-30H,1H3. The van der Waals surface area contributed by atoms with Gasteiger partial charge in [-0.15, -0.1) is 0 Å². The highest BCUT2D eigenvalue weighted by molar-refractivity contribution is 6.19. The number of benzene rings is 21. The zero-order valence-electron chi connectivity index (χ0n) is 78.2. The Bertz CT molecular complexity index is 8400. The number of hydrogen-bond acceptors (Lipinski definition) is 4. The van der Waals surface area contributed by atoms with Crippen LogP contribution in [-0.4, -0.2) is 20.8 Å². The van der Waals surface area contributed by atoms with Gasteiger partial charge in [0.25, 0.3) is 0 Å². The summed E-state index contributed by atoms with van der Waals surface area (Å²) in [4.78, 5) is 7.25. The number of para-hydroxylation sites is 3. The Morgan fingerprint density at radius 2 is 0.482 bits per heavy atom. The van der Waals surface area contributed by atoms with Crippen molar-refractivity contribution >= 4 is 117 Å². The quantitative estimate of drug-likeness (QED) is 0.0857. The van der Waals surface area contributed by atoms with Crippen molar-refractivity contribution < 1.29 is 4.74 Å². The molecule has 139 heavy (non-hydrogen) atoms. The van der Waals surface area contributed by atoms with Gasteiger partial charge >= 0.3 is 0 Å². The van der Waals surface area contributed by atoms with Crippen molar-refractivity contribution in [3.8, 4) is 89.6 Å². The van der Waals surface area contributed by atoms with Crippen LogP contribution in [0.4, 0.5) is 51.2 Å². The van der Waals surface area contributed by atoms with Crippen LogP contribution in [0, 0.1) is 13.8 Å². The van der Waals surface area contributed by atoms with Crippen LogP contribution in [-0.2, 0) is 5.41 Å². The second-order valence-corrected chi connectivity index (χ2v) is 36.4. The van der Waals surface area contributed by atoms with E-state index in [0.717, 1.165) is 79.3 Å². The maximum absolute atomic E-state index is 5.47. The number of methoxy groups -OCH3 is 1. The predicted molar refractivity (Wildman–Crippen MR) is 587 cm³/mol. The zero-order chi connectivity index (χ0) is 93.4. The lowest BCUT2D eigenvalue weighted by molar-refractivity contribution is 0.415. The summed E-state index contributed by atoms with van der Waals surface area (Å²) in [5.41, 5.74) is 40.5. The molecule has 0 N–H and O–H groups in total. The molecule has 664 valence electrons. The predicted octanol–water partition coefficient (Wildman–Crippen LogP) is 36.0. The Morgan fingerprint density at radius 1 is 0.201 bits per heavy atom. The number of aryl methyl sites for hydroxylation is 2. The minimum atomic E-state index is -0.0992. The number of nitrogens with zero attached hydrogens (tertiary/aromatic N) is 6. The van der Waals surface area contributed by atoms with Crippen molar-refractivity contribution in [2.75, 3.05) is 21.8 Å². The summed E-state index contributed by atoms with van der Waals surface area (Å²) >= 11 is 0. The molecule has 0 saturated heterocycles. The first kappa shape index (κ1) is 85.4. The molecule has 7 heteroatoms.